The van der Waals surface area contributed by atoms with Crippen LogP contribution in [0.3, 0.4) is 0 Å². The molecule has 0 aromatic carbocycles. The van der Waals surface area contributed by atoms with Crippen molar-refractivity contribution >= 4 is 17.3 Å². The summed E-state index contributed by atoms with van der Waals surface area (Å²) < 4.78 is 0. The van der Waals surface area contributed by atoms with Crippen LogP contribution in [0.25, 0.3) is 0 Å². The quantitative estimate of drug-likeness (QED) is 0.899. The largest absolute Gasteiger partial charge is 0.481 e. The van der Waals surface area contributed by atoms with Crippen molar-refractivity contribution in [1.82, 2.24) is 9.88 Å². The van der Waals surface area contributed by atoms with Crippen LogP contribution in [0.2, 0.25) is 0 Å². The van der Waals surface area contributed by atoms with Gasteiger partial charge in [-0.1, -0.05) is 0 Å². The van der Waals surface area contributed by atoms with E-state index in [4.69, 9.17) is 0 Å². The zero-order chi connectivity index (χ0) is 12.6. The number of likely N-dealkylation sites (tertiary alicyclic amines) is 1. The number of carboxylic acid groups (broad SMARTS) is 1. The van der Waals surface area contributed by atoms with Gasteiger partial charge in [-0.2, -0.15) is 0 Å². The lowest BCUT2D eigenvalue weighted by atomic mass is 9.90. The third kappa shape index (κ3) is 2.35. The summed E-state index contributed by atoms with van der Waals surface area (Å²) in [5, 5.41) is 12.3. The van der Waals surface area contributed by atoms with Gasteiger partial charge in [0.25, 0.3) is 0 Å². The zero-order valence-corrected chi connectivity index (χ0v) is 11.3. The standard InChI is InChI=1S/C12H18N2O2S/c1-8(10-6-17-9(2)13-10)14-5-4-12(3,7-14)11(15)16/h6,8H,4-5,7H2,1-3H3,(H,15,16). The van der Waals surface area contributed by atoms with Gasteiger partial charge >= 0.3 is 5.97 Å². The van der Waals surface area contributed by atoms with E-state index in [0.29, 0.717) is 6.54 Å². The molecule has 5 heteroatoms. The SMILES string of the molecule is Cc1nc(C(C)N2CCC(C)(C(=O)O)C2)cs1. The van der Waals surface area contributed by atoms with Crippen molar-refractivity contribution in [3.8, 4) is 0 Å². The molecule has 1 aromatic heterocycles. The molecule has 1 N–H and O–H groups in total. The Morgan fingerprint density at radius 1 is 1.71 bits per heavy atom. The van der Waals surface area contributed by atoms with Crippen LogP contribution < -0.4 is 0 Å². The Morgan fingerprint density at radius 3 is 2.88 bits per heavy atom. The van der Waals surface area contributed by atoms with Gasteiger partial charge in [0, 0.05) is 11.9 Å². The average Bonchev–Trinajstić information content (AvgIpc) is 2.85. The van der Waals surface area contributed by atoms with Gasteiger partial charge in [0.2, 0.25) is 0 Å². The normalized spacial score (nSPS) is 27.2. The topological polar surface area (TPSA) is 53.4 Å². The van der Waals surface area contributed by atoms with Crippen molar-refractivity contribution in [3.63, 3.8) is 0 Å². The molecule has 1 fully saturated rings. The minimum absolute atomic E-state index is 0.209. The fourth-order valence-corrected chi connectivity index (χ4v) is 2.96. The Hall–Kier alpha value is -0.940. The van der Waals surface area contributed by atoms with Crippen LogP contribution in [-0.2, 0) is 4.79 Å². The second-order valence-corrected chi connectivity index (χ2v) is 6.12. The van der Waals surface area contributed by atoms with Gasteiger partial charge in [-0.3, -0.25) is 9.69 Å². The van der Waals surface area contributed by atoms with Crippen LogP contribution in [0.15, 0.2) is 5.38 Å². The number of aryl methyl sites for hydroxylation is 1. The molecule has 0 spiro atoms. The molecule has 2 rings (SSSR count). The van der Waals surface area contributed by atoms with Gasteiger partial charge in [0.05, 0.1) is 22.2 Å². The Labute approximate surface area is 105 Å². The summed E-state index contributed by atoms with van der Waals surface area (Å²) in [5.74, 6) is -0.693. The molecular weight excluding hydrogens is 236 g/mol. The number of rotatable bonds is 3. The first-order valence-electron chi connectivity index (χ1n) is 5.82. The molecule has 0 amide bonds. The van der Waals surface area contributed by atoms with Crippen LogP contribution in [0.4, 0.5) is 0 Å². The molecule has 4 nitrogen and oxygen atoms in total. The summed E-state index contributed by atoms with van der Waals surface area (Å²) in [6.45, 7) is 7.36. The highest BCUT2D eigenvalue weighted by molar-refractivity contribution is 7.09. The lowest BCUT2D eigenvalue weighted by molar-refractivity contribution is -0.147. The van der Waals surface area contributed by atoms with Gasteiger partial charge in [-0.25, -0.2) is 4.98 Å². The van der Waals surface area contributed by atoms with Crippen molar-refractivity contribution < 1.29 is 9.90 Å². The van der Waals surface area contributed by atoms with Crippen molar-refractivity contribution in [1.29, 1.82) is 0 Å². The molecule has 1 saturated heterocycles. The number of aliphatic carboxylic acids is 1. The first-order valence-corrected chi connectivity index (χ1v) is 6.70. The first kappa shape index (κ1) is 12.5. The maximum atomic E-state index is 11.2. The van der Waals surface area contributed by atoms with E-state index >= 15 is 0 Å². The molecule has 2 heterocycles. The molecule has 1 aliphatic heterocycles. The molecule has 1 aromatic rings. The third-order valence-electron chi connectivity index (χ3n) is 3.63. The lowest BCUT2D eigenvalue weighted by Gasteiger charge is -2.24. The smallest absolute Gasteiger partial charge is 0.310 e. The predicted octanol–water partition coefficient (Wildman–Crippen LogP) is 2.31. The van der Waals surface area contributed by atoms with Crippen molar-refractivity contribution in [3.05, 3.63) is 16.1 Å². The number of hydrogen-bond donors (Lipinski definition) is 1. The van der Waals surface area contributed by atoms with Crippen LogP contribution in [0, 0.1) is 12.3 Å². The van der Waals surface area contributed by atoms with Crippen molar-refractivity contribution in [2.45, 2.75) is 33.2 Å². The predicted molar refractivity (Wildman–Crippen MR) is 67.2 cm³/mol. The molecule has 2 atom stereocenters. The summed E-state index contributed by atoms with van der Waals surface area (Å²) in [5.41, 5.74) is 0.460. The fourth-order valence-electron chi connectivity index (χ4n) is 2.26. The van der Waals surface area contributed by atoms with Gasteiger partial charge in [-0.15, -0.1) is 11.3 Å². The van der Waals surface area contributed by atoms with E-state index in [-0.39, 0.29) is 6.04 Å². The van der Waals surface area contributed by atoms with Gasteiger partial charge in [-0.05, 0) is 33.7 Å². The highest BCUT2D eigenvalue weighted by atomic mass is 32.1. The van der Waals surface area contributed by atoms with Crippen LogP contribution in [0.1, 0.15) is 37.0 Å². The molecule has 0 bridgehead atoms. The third-order valence-corrected chi connectivity index (χ3v) is 4.42. The second kappa shape index (κ2) is 4.38. The second-order valence-electron chi connectivity index (χ2n) is 5.05. The van der Waals surface area contributed by atoms with E-state index in [1.54, 1.807) is 11.3 Å². The number of nitrogens with zero attached hydrogens (tertiary/aromatic N) is 2. The van der Waals surface area contributed by atoms with E-state index in [0.717, 1.165) is 23.7 Å². The van der Waals surface area contributed by atoms with Crippen LogP contribution in [-0.4, -0.2) is 34.0 Å². The van der Waals surface area contributed by atoms with Gasteiger partial charge in [0.1, 0.15) is 0 Å². The summed E-state index contributed by atoms with van der Waals surface area (Å²) in [4.78, 5) is 17.9. The number of carbonyl (C=O) groups is 1. The monoisotopic (exact) mass is 254 g/mol. The van der Waals surface area contributed by atoms with E-state index in [9.17, 15) is 9.90 Å². The highest BCUT2D eigenvalue weighted by Gasteiger charge is 2.42. The minimum atomic E-state index is -0.693. The average molecular weight is 254 g/mol. The molecule has 0 aliphatic carbocycles. The molecule has 1 aliphatic rings. The van der Waals surface area contributed by atoms with Crippen LogP contribution in [0.5, 0.6) is 0 Å². The highest BCUT2D eigenvalue weighted by Crippen LogP contribution is 2.35. The summed E-state index contributed by atoms with van der Waals surface area (Å²) >= 11 is 1.64. The van der Waals surface area contributed by atoms with Crippen LogP contribution >= 0.6 is 11.3 Å². The van der Waals surface area contributed by atoms with Gasteiger partial charge < -0.3 is 5.11 Å². The maximum absolute atomic E-state index is 11.2. The Kier molecular flexibility index (Phi) is 3.23. The minimum Gasteiger partial charge on any atom is -0.481 e. The van der Waals surface area contributed by atoms with E-state index in [1.165, 1.54) is 0 Å². The Morgan fingerprint density at radius 2 is 2.41 bits per heavy atom. The van der Waals surface area contributed by atoms with Crippen molar-refractivity contribution in [2.75, 3.05) is 13.1 Å². The summed E-state index contributed by atoms with van der Waals surface area (Å²) in [7, 11) is 0. The Bertz CT molecular complexity index is 432. The van der Waals surface area contributed by atoms with E-state index in [2.05, 4.69) is 22.2 Å². The maximum Gasteiger partial charge on any atom is 0.310 e. The van der Waals surface area contributed by atoms with Gasteiger partial charge in [0.15, 0.2) is 0 Å². The van der Waals surface area contributed by atoms with E-state index in [1.807, 2.05) is 13.8 Å². The molecule has 0 saturated carbocycles. The molecule has 2 unspecified atom stereocenters. The Balaban J connectivity index is 2.08. The van der Waals surface area contributed by atoms with Crippen molar-refractivity contribution in [2.24, 2.45) is 5.41 Å². The number of aromatic nitrogens is 1. The molecule has 17 heavy (non-hydrogen) atoms. The first-order chi connectivity index (χ1) is 7.92. The summed E-state index contributed by atoms with van der Waals surface area (Å²) in [6.07, 6.45) is 0.718. The number of thiazole rings is 1. The molecular formula is C12H18N2O2S. The molecule has 94 valence electrons. The zero-order valence-electron chi connectivity index (χ0n) is 10.4. The summed E-state index contributed by atoms with van der Waals surface area (Å²) in [6, 6.07) is 0.209. The van der Waals surface area contributed by atoms with E-state index < -0.39 is 11.4 Å². The number of hydrogen-bond acceptors (Lipinski definition) is 4. The molecule has 0 radical (unpaired) electrons. The number of carboxylic acids is 1. The fraction of sp³-hybridized carbons (Fsp3) is 0.667. The lowest BCUT2D eigenvalue weighted by Crippen LogP contribution is -2.33.